The minimum absolute atomic E-state index is 0.173. The van der Waals surface area contributed by atoms with E-state index in [-0.39, 0.29) is 6.03 Å². The van der Waals surface area contributed by atoms with Gasteiger partial charge in [0, 0.05) is 22.2 Å². The first kappa shape index (κ1) is 14.4. The molecule has 0 radical (unpaired) electrons. The van der Waals surface area contributed by atoms with E-state index in [2.05, 4.69) is 26.2 Å². The van der Waals surface area contributed by atoms with E-state index in [0.29, 0.717) is 17.3 Å². The van der Waals surface area contributed by atoms with Crippen LogP contribution in [-0.4, -0.2) is 17.6 Å². The normalized spacial score (nSPS) is 13.2. The van der Waals surface area contributed by atoms with Crippen molar-refractivity contribution in [1.29, 1.82) is 0 Å². The summed E-state index contributed by atoms with van der Waals surface area (Å²) < 4.78 is 0.820. The van der Waals surface area contributed by atoms with Crippen molar-refractivity contribution in [1.82, 2.24) is 4.98 Å². The Kier molecular flexibility index (Phi) is 3.87. The zero-order valence-corrected chi connectivity index (χ0v) is 13.7. The van der Waals surface area contributed by atoms with Gasteiger partial charge >= 0.3 is 6.03 Å². The largest absolute Gasteiger partial charge is 0.326 e. The Morgan fingerprint density at radius 2 is 2.19 bits per heavy atom. The van der Waals surface area contributed by atoms with Gasteiger partial charge in [-0.1, -0.05) is 17.7 Å². The quantitative estimate of drug-likeness (QED) is 0.813. The molecular formula is C15H13BrClN3O. The molecular weight excluding hydrogens is 354 g/mol. The smallest absolute Gasteiger partial charge is 0.306 e. The van der Waals surface area contributed by atoms with Crippen LogP contribution in [0.1, 0.15) is 11.1 Å². The third kappa shape index (κ3) is 2.89. The number of carbonyl (C=O) groups excluding carboxylic acids is 1. The molecule has 0 unspecified atom stereocenters. The lowest BCUT2D eigenvalue weighted by atomic mass is 10.1. The molecule has 0 atom stereocenters. The molecule has 1 aliphatic heterocycles. The lowest BCUT2D eigenvalue weighted by Gasteiger charge is -2.18. The molecule has 2 heterocycles. The van der Waals surface area contributed by atoms with Gasteiger partial charge in [-0.3, -0.25) is 9.88 Å². The van der Waals surface area contributed by atoms with Crippen molar-refractivity contribution in [3.05, 3.63) is 51.2 Å². The number of rotatable bonds is 1. The summed E-state index contributed by atoms with van der Waals surface area (Å²) in [6.45, 7) is 2.63. The van der Waals surface area contributed by atoms with Gasteiger partial charge in [0.1, 0.15) is 0 Å². The molecule has 3 rings (SSSR count). The van der Waals surface area contributed by atoms with Gasteiger partial charge in [-0.2, -0.15) is 0 Å². The molecule has 1 N–H and O–H groups in total. The highest BCUT2D eigenvalue weighted by Crippen LogP contribution is 2.33. The fraction of sp³-hybridized carbons (Fsp3) is 0.200. The number of hydrogen-bond donors (Lipinski definition) is 1. The second kappa shape index (κ2) is 5.66. The Hall–Kier alpha value is -1.59. The van der Waals surface area contributed by atoms with E-state index in [0.717, 1.165) is 27.7 Å². The van der Waals surface area contributed by atoms with Crippen LogP contribution < -0.4 is 10.2 Å². The Balaban J connectivity index is 1.84. The zero-order valence-electron chi connectivity index (χ0n) is 11.4. The first-order valence-electron chi connectivity index (χ1n) is 6.52. The molecule has 108 valence electrons. The molecule has 1 aromatic carbocycles. The van der Waals surface area contributed by atoms with E-state index in [1.165, 1.54) is 0 Å². The molecule has 0 saturated carbocycles. The average Bonchev–Trinajstić information content (AvgIpc) is 2.82. The molecule has 2 amide bonds. The van der Waals surface area contributed by atoms with Crippen LogP contribution in [-0.2, 0) is 6.42 Å². The third-order valence-corrected chi connectivity index (χ3v) is 4.30. The second-order valence-electron chi connectivity index (χ2n) is 4.95. The highest BCUT2D eigenvalue weighted by Gasteiger charge is 2.25. The number of carbonyl (C=O) groups is 1. The number of aromatic nitrogens is 1. The molecule has 0 aliphatic carbocycles. The molecule has 0 saturated heterocycles. The van der Waals surface area contributed by atoms with Gasteiger partial charge in [-0.25, -0.2) is 4.79 Å². The van der Waals surface area contributed by atoms with Crippen molar-refractivity contribution in [2.75, 3.05) is 16.8 Å². The fourth-order valence-corrected chi connectivity index (χ4v) is 2.94. The Morgan fingerprint density at radius 1 is 1.38 bits per heavy atom. The molecule has 1 aromatic heterocycles. The van der Waals surface area contributed by atoms with Crippen LogP contribution in [0.3, 0.4) is 0 Å². The average molecular weight is 367 g/mol. The Bertz CT molecular complexity index is 720. The van der Waals surface area contributed by atoms with Crippen molar-refractivity contribution in [2.45, 2.75) is 13.3 Å². The second-order valence-corrected chi connectivity index (χ2v) is 6.28. The van der Waals surface area contributed by atoms with Gasteiger partial charge in [0.2, 0.25) is 0 Å². The lowest BCUT2D eigenvalue weighted by molar-refractivity contribution is 0.257. The topological polar surface area (TPSA) is 45.2 Å². The first-order valence-corrected chi connectivity index (χ1v) is 7.70. The van der Waals surface area contributed by atoms with Gasteiger partial charge in [0.15, 0.2) is 0 Å². The van der Waals surface area contributed by atoms with Gasteiger partial charge < -0.3 is 5.32 Å². The monoisotopic (exact) mass is 365 g/mol. The maximum atomic E-state index is 12.4. The summed E-state index contributed by atoms with van der Waals surface area (Å²) in [6, 6.07) is 5.54. The molecule has 4 nitrogen and oxygen atoms in total. The number of urea groups is 1. The van der Waals surface area contributed by atoms with Crippen LogP contribution in [0.25, 0.3) is 0 Å². The molecule has 6 heteroatoms. The maximum Gasteiger partial charge on any atom is 0.326 e. The third-order valence-electron chi connectivity index (χ3n) is 3.46. The van der Waals surface area contributed by atoms with Gasteiger partial charge in [-0.05, 0) is 52.5 Å². The number of fused-ring (bicyclic) bond motifs is 1. The number of aryl methyl sites for hydroxylation is 1. The van der Waals surface area contributed by atoms with Crippen molar-refractivity contribution < 1.29 is 4.79 Å². The molecule has 0 fully saturated rings. The van der Waals surface area contributed by atoms with Crippen LogP contribution in [0.5, 0.6) is 0 Å². The minimum atomic E-state index is -0.173. The SMILES string of the molecule is Cc1cc2c(cc1Cl)N(C(=O)Nc1cncc(Br)c1)CC2. The summed E-state index contributed by atoms with van der Waals surface area (Å²) >= 11 is 9.50. The minimum Gasteiger partial charge on any atom is -0.306 e. The Labute approximate surface area is 136 Å². The molecule has 1 aliphatic rings. The van der Waals surface area contributed by atoms with E-state index >= 15 is 0 Å². The number of pyridine rings is 1. The summed E-state index contributed by atoms with van der Waals surface area (Å²) in [4.78, 5) is 18.2. The van der Waals surface area contributed by atoms with E-state index in [1.807, 2.05) is 25.1 Å². The number of amides is 2. The van der Waals surface area contributed by atoms with Crippen molar-refractivity contribution in [3.63, 3.8) is 0 Å². The molecule has 0 bridgehead atoms. The summed E-state index contributed by atoms with van der Waals surface area (Å²) in [5.41, 5.74) is 3.72. The number of hydrogen-bond acceptors (Lipinski definition) is 2. The van der Waals surface area contributed by atoms with E-state index in [9.17, 15) is 4.79 Å². The standard InChI is InChI=1S/C15H13BrClN3O/c1-9-4-10-2-3-20(14(10)6-13(9)17)15(21)19-12-5-11(16)7-18-8-12/h4-8H,2-3H2,1H3,(H,19,21). The van der Waals surface area contributed by atoms with Gasteiger partial charge in [0.05, 0.1) is 17.6 Å². The van der Waals surface area contributed by atoms with Crippen molar-refractivity contribution in [2.24, 2.45) is 0 Å². The van der Waals surface area contributed by atoms with Crippen molar-refractivity contribution in [3.8, 4) is 0 Å². The highest BCUT2D eigenvalue weighted by atomic mass is 79.9. The van der Waals surface area contributed by atoms with Gasteiger partial charge in [-0.15, -0.1) is 0 Å². The lowest BCUT2D eigenvalue weighted by Crippen LogP contribution is -2.33. The number of benzene rings is 1. The molecule has 0 spiro atoms. The number of nitrogens with one attached hydrogen (secondary N) is 1. The zero-order chi connectivity index (χ0) is 15.0. The predicted octanol–water partition coefficient (Wildman–Crippen LogP) is 4.40. The van der Waals surface area contributed by atoms with Crippen molar-refractivity contribution >= 4 is 44.9 Å². The van der Waals surface area contributed by atoms with Crippen LogP contribution >= 0.6 is 27.5 Å². The predicted molar refractivity (Wildman–Crippen MR) is 88.2 cm³/mol. The van der Waals surface area contributed by atoms with Crippen LogP contribution in [0.4, 0.5) is 16.2 Å². The number of anilines is 2. The fourth-order valence-electron chi connectivity index (χ4n) is 2.42. The van der Waals surface area contributed by atoms with E-state index in [4.69, 9.17) is 11.6 Å². The number of nitrogens with zero attached hydrogens (tertiary/aromatic N) is 2. The van der Waals surface area contributed by atoms with Crippen LogP contribution in [0, 0.1) is 6.92 Å². The van der Waals surface area contributed by atoms with Crippen LogP contribution in [0.2, 0.25) is 5.02 Å². The van der Waals surface area contributed by atoms with E-state index < -0.39 is 0 Å². The maximum absolute atomic E-state index is 12.4. The van der Waals surface area contributed by atoms with Crippen LogP contribution in [0.15, 0.2) is 35.1 Å². The summed E-state index contributed by atoms with van der Waals surface area (Å²) in [5.74, 6) is 0. The van der Waals surface area contributed by atoms with Gasteiger partial charge in [0.25, 0.3) is 0 Å². The number of halogens is 2. The first-order chi connectivity index (χ1) is 10.0. The molecule has 21 heavy (non-hydrogen) atoms. The highest BCUT2D eigenvalue weighted by molar-refractivity contribution is 9.10. The summed E-state index contributed by atoms with van der Waals surface area (Å²) in [5, 5.41) is 3.53. The van der Waals surface area contributed by atoms with E-state index in [1.54, 1.807) is 17.3 Å². The molecule has 2 aromatic rings. The summed E-state index contributed by atoms with van der Waals surface area (Å²) in [7, 11) is 0. The summed E-state index contributed by atoms with van der Waals surface area (Å²) in [6.07, 6.45) is 4.13. The Morgan fingerprint density at radius 3 is 2.95 bits per heavy atom.